The first kappa shape index (κ1) is 15.6. The smallest absolute Gasteiger partial charge is 0.242 e. The molecule has 9 heteroatoms. The summed E-state index contributed by atoms with van der Waals surface area (Å²) in [6.07, 6.45) is 0. The summed E-state index contributed by atoms with van der Waals surface area (Å²) in [7, 11) is -3.58. The van der Waals surface area contributed by atoms with E-state index in [1.807, 2.05) is 11.4 Å². The lowest BCUT2D eigenvalue weighted by molar-refractivity contribution is 0.285. The molecule has 0 aliphatic rings. The molecule has 104 valence electrons. The van der Waals surface area contributed by atoms with Gasteiger partial charge >= 0.3 is 0 Å². The van der Waals surface area contributed by atoms with Gasteiger partial charge in [-0.15, -0.1) is 22.7 Å². The molecule has 0 saturated carbocycles. The van der Waals surface area contributed by atoms with E-state index in [2.05, 4.69) is 36.6 Å². The Morgan fingerprint density at radius 2 is 2.00 bits per heavy atom. The highest BCUT2D eigenvalue weighted by molar-refractivity contribution is 9.11. The first-order valence-electron chi connectivity index (χ1n) is 5.04. The summed E-state index contributed by atoms with van der Waals surface area (Å²) in [5, 5.41) is 10.9. The molecule has 2 N–H and O–H groups in total. The molecule has 19 heavy (non-hydrogen) atoms. The van der Waals surface area contributed by atoms with Gasteiger partial charge in [-0.3, -0.25) is 0 Å². The summed E-state index contributed by atoms with van der Waals surface area (Å²) >= 11 is 9.21. The maximum atomic E-state index is 12.1. The van der Waals surface area contributed by atoms with Gasteiger partial charge < -0.3 is 5.11 Å². The van der Waals surface area contributed by atoms with E-state index >= 15 is 0 Å². The van der Waals surface area contributed by atoms with Crippen molar-refractivity contribution >= 4 is 64.6 Å². The maximum Gasteiger partial charge on any atom is 0.242 e. The van der Waals surface area contributed by atoms with Crippen LogP contribution in [-0.2, 0) is 23.2 Å². The van der Waals surface area contributed by atoms with Crippen molar-refractivity contribution < 1.29 is 13.5 Å². The van der Waals surface area contributed by atoms with E-state index in [0.29, 0.717) is 8.66 Å². The first-order valence-corrected chi connectivity index (χ1v) is 9.80. The third kappa shape index (κ3) is 3.87. The fraction of sp³-hybridized carbons (Fsp3) is 0.200. The Labute approximate surface area is 135 Å². The van der Waals surface area contributed by atoms with Crippen LogP contribution < -0.4 is 4.72 Å². The molecule has 0 aliphatic carbocycles. The molecule has 0 fully saturated rings. The normalized spacial score (nSPS) is 11.9. The third-order valence-corrected chi connectivity index (χ3v) is 7.55. The van der Waals surface area contributed by atoms with Gasteiger partial charge in [0, 0.05) is 26.2 Å². The quantitative estimate of drug-likeness (QED) is 0.740. The van der Waals surface area contributed by atoms with Gasteiger partial charge in [0.1, 0.15) is 4.90 Å². The van der Waals surface area contributed by atoms with Crippen LogP contribution in [0, 0.1) is 0 Å². The average Bonchev–Trinajstić information content (AvgIpc) is 2.93. The minimum Gasteiger partial charge on any atom is -0.391 e. The fourth-order valence-corrected chi connectivity index (χ4v) is 6.38. The number of aliphatic hydroxyl groups excluding tert-OH is 1. The second kappa shape index (κ2) is 6.33. The molecule has 0 saturated heterocycles. The molecule has 0 aromatic carbocycles. The second-order valence-corrected chi connectivity index (χ2v) is 9.67. The van der Waals surface area contributed by atoms with E-state index in [4.69, 9.17) is 5.11 Å². The summed E-state index contributed by atoms with van der Waals surface area (Å²) in [6, 6.07) is 3.34. The predicted molar refractivity (Wildman–Crippen MR) is 84.0 cm³/mol. The Kier molecular flexibility index (Phi) is 5.21. The highest BCUT2D eigenvalue weighted by Crippen LogP contribution is 2.31. The lowest BCUT2D eigenvalue weighted by atomic mass is 10.5. The number of halogens is 2. The van der Waals surface area contributed by atoms with Gasteiger partial charge in [-0.05, 0) is 44.0 Å². The summed E-state index contributed by atoms with van der Waals surface area (Å²) in [6.45, 7) is 0.0754. The van der Waals surface area contributed by atoms with Crippen molar-refractivity contribution in [1.82, 2.24) is 4.72 Å². The molecule has 0 spiro atoms. The van der Waals surface area contributed by atoms with Gasteiger partial charge in [0.2, 0.25) is 10.0 Å². The summed E-state index contributed by atoms with van der Waals surface area (Å²) in [5.74, 6) is 0. The minimum absolute atomic E-state index is 0.164. The Hall–Kier alpha value is 0.230. The zero-order chi connectivity index (χ0) is 14.0. The molecule has 0 amide bonds. The van der Waals surface area contributed by atoms with Crippen LogP contribution in [0.4, 0.5) is 0 Å². The number of nitrogens with one attached hydrogen (secondary N) is 1. The molecule has 0 radical (unpaired) electrons. The van der Waals surface area contributed by atoms with E-state index in [1.165, 1.54) is 28.7 Å². The van der Waals surface area contributed by atoms with Crippen LogP contribution in [0.3, 0.4) is 0 Å². The van der Waals surface area contributed by atoms with Crippen molar-refractivity contribution in [2.24, 2.45) is 0 Å². The van der Waals surface area contributed by atoms with Crippen LogP contribution >= 0.6 is 54.5 Å². The lowest BCUT2D eigenvalue weighted by Gasteiger charge is -2.04. The molecule has 2 rings (SSSR count). The van der Waals surface area contributed by atoms with Crippen molar-refractivity contribution in [3.63, 3.8) is 0 Å². The molecule has 0 bridgehead atoms. The summed E-state index contributed by atoms with van der Waals surface area (Å²) in [4.78, 5) is 1.69. The van der Waals surface area contributed by atoms with E-state index in [1.54, 1.807) is 0 Å². The van der Waals surface area contributed by atoms with Crippen molar-refractivity contribution in [3.8, 4) is 0 Å². The Morgan fingerprint density at radius 1 is 1.26 bits per heavy atom. The van der Waals surface area contributed by atoms with Gasteiger partial charge in [-0.2, -0.15) is 0 Å². The third-order valence-electron chi connectivity index (χ3n) is 2.21. The Balaban J connectivity index is 2.15. The monoisotopic (exact) mass is 445 g/mol. The molecule has 0 aliphatic heterocycles. The highest BCUT2D eigenvalue weighted by Gasteiger charge is 2.20. The average molecular weight is 447 g/mol. The Morgan fingerprint density at radius 3 is 2.53 bits per heavy atom. The maximum absolute atomic E-state index is 12.1. The van der Waals surface area contributed by atoms with Gasteiger partial charge in [-0.1, -0.05) is 0 Å². The van der Waals surface area contributed by atoms with Crippen LogP contribution in [0.5, 0.6) is 0 Å². The predicted octanol–water partition coefficient (Wildman–Crippen LogP) is 3.31. The zero-order valence-electron chi connectivity index (χ0n) is 9.39. The molecule has 0 unspecified atom stereocenters. The van der Waals surface area contributed by atoms with Gasteiger partial charge in [0.05, 0.1) is 10.4 Å². The second-order valence-electron chi connectivity index (χ2n) is 3.56. The van der Waals surface area contributed by atoms with Gasteiger partial charge in [-0.25, -0.2) is 13.1 Å². The van der Waals surface area contributed by atoms with Crippen LogP contribution in [0.1, 0.15) is 9.75 Å². The number of aliphatic hydroxyl groups is 1. The Bertz CT molecular complexity index is 678. The van der Waals surface area contributed by atoms with Crippen molar-refractivity contribution in [1.29, 1.82) is 0 Å². The molecule has 0 atom stereocenters. The summed E-state index contributed by atoms with van der Waals surface area (Å²) < 4.78 is 28.3. The lowest BCUT2D eigenvalue weighted by Crippen LogP contribution is -2.22. The first-order chi connectivity index (χ1) is 8.92. The zero-order valence-corrected chi connectivity index (χ0v) is 15.0. The largest absolute Gasteiger partial charge is 0.391 e. The number of thiophene rings is 2. The number of hydrogen-bond acceptors (Lipinski definition) is 5. The number of hydrogen-bond donors (Lipinski definition) is 2. The van der Waals surface area contributed by atoms with Crippen molar-refractivity contribution in [2.75, 3.05) is 0 Å². The molecule has 2 aromatic heterocycles. The molecule has 2 heterocycles. The van der Waals surface area contributed by atoms with E-state index < -0.39 is 10.0 Å². The van der Waals surface area contributed by atoms with Crippen LogP contribution in [0.2, 0.25) is 0 Å². The molecular weight excluding hydrogens is 438 g/mol. The topological polar surface area (TPSA) is 66.4 Å². The van der Waals surface area contributed by atoms with Crippen LogP contribution in [-0.4, -0.2) is 13.5 Å². The number of sulfonamides is 1. The SMILES string of the molecule is O=S(=O)(NCc1cc(Br)cs1)c1cc(CO)sc1Br. The standard InChI is InChI=1S/C10H9Br2NO3S3/c11-6-1-7(17-5-6)3-13-19(15,16)9-2-8(4-14)18-10(9)12/h1-2,5,13-14H,3-4H2. The fourth-order valence-electron chi connectivity index (χ4n) is 1.35. The van der Waals surface area contributed by atoms with Gasteiger partial charge in [0.15, 0.2) is 0 Å². The number of rotatable bonds is 5. The molecule has 4 nitrogen and oxygen atoms in total. The summed E-state index contributed by atoms with van der Waals surface area (Å²) in [5.41, 5.74) is 0. The van der Waals surface area contributed by atoms with Crippen LogP contribution in [0.25, 0.3) is 0 Å². The van der Waals surface area contributed by atoms with E-state index in [0.717, 1.165) is 9.35 Å². The molecular formula is C10H9Br2NO3S3. The van der Waals surface area contributed by atoms with Crippen LogP contribution in [0.15, 0.2) is 30.7 Å². The van der Waals surface area contributed by atoms with E-state index in [-0.39, 0.29) is 18.0 Å². The van der Waals surface area contributed by atoms with Gasteiger partial charge in [0.25, 0.3) is 0 Å². The highest BCUT2D eigenvalue weighted by atomic mass is 79.9. The van der Waals surface area contributed by atoms with E-state index in [9.17, 15) is 8.42 Å². The van der Waals surface area contributed by atoms with Crippen molar-refractivity contribution in [2.45, 2.75) is 18.0 Å². The van der Waals surface area contributed by atoms with Crippen molar-refractivity contribution in [3.05, 3.63) is 35.5 Å². The molecule has 2 aromatic rings. The minimum atomic E-state index is -3.58.